The molecule has 1 aromatic heterocycles. The summed E-state index contributed by atoms with van der Waals surface area (Å²) in [4.78, 5) is 4.64. The first-order valence-corrected chi connectivity index (χ1v) is 6.62. The molecule has 0 unspecified atom stereocenters. The number of pyridine rings is 1. The largest absolute Gasteiger partial charge is 0.389 e. The van der Waals surface area contributed by atoms with Crippen LogP contribution in [-0.4, -0.2) is 16.5 Å². The smallest absolute Gasteiger partial charge is 0.136 e. The molecule has 0 atom stereocenters. The van der Waals surface area contributed by atoms with Crippen LogP contribution in [0.2, 0.25) is 0 Å². The molecule has 98 valence electrons. The highest BCUT2D eigenvalue weighted by molar-refractivity contribution is 7.80. The van der Waals surface area contributed by atoms with E-state index in [9.17, 15) is 0 Å². The molecule has 0 saturated carbocycles. The first-order chi connectivity index (χ1) is 9.16. The van der Waals surface area contributed by atoms with Gasteiger partial charge in [0.1, 0.15) is 10.8 Å². The fourth-order valence-electron chi connectivity index (χ4n) is 1.94. The van der Waals surface area contributed by atoms with Crippen molar-refractivity contribution in [2.24, 2.45) is 5.73 Å². The first-order valence-electron chi connectivity index (χ1n) is 6.21. The van der Waals surface area contributed by atoms with Gasteiger partial charge in [0.05, 0.1) is 5.56 Å². The normalized spacial score (nSPS) is 10.2. The summed E-state index contributed by atoms with van der Waals surface area (Å²) in [5.74, 6) is 0.752. The van der Waals surface area contributed by atoms with Gasteiger partial charge in [-0.25, -0.2) is 4.98 Å². The van der Waals surface area contributed by atoms with Gasteiger partial charge in [-0.3, -0.25) is 0 Å². The van der Waals surface area contributed by atoms with Crippen LogP contribution in [0.25, 0.3) is 0 Å². The van der Waals surface area contributed by atoms with E-state index in [1.54, 1.807) is 6.20 Å². The van der Waals surface area contributed by atoms with Crippen molar-refractivity contribution in [1.29, 1.82) is 0 Å². The standard InChI is InChI=1S/C15H17N3S/c1-11-4-2-5-12(10-11)7-9-18-15-13(14(16)19)6-3-8-17-15/h2-6,8,10H,7,9H2,1H3,(H2,16,19)(H,17,18). The lowest BCUT2D eigenvalue weighted by atomic mass is 10.1. The van der Waals surface area contributed by atoms with E-state index in [0.717, 1.165) is 24.3 Å². The molecule has 0 fully saturated rings. The lowest BCUT2D eigenvalue weighted by Crippen LogP contribution is -2.15. The highest BCUT2D eigenvalue weighted by Gasteiger charge is 2.04. The van der Waals surface area contributed by atoms with Crippen LogP contribution in [0.1, 0.15) is 16.7 Å². The molecule has 3 nitrogen and oxygen atoms in total. The van der Waals surface area contributed by atoms with Crippen LogP contribution in [0.4, 0.5) is 5.82 Å². The van der Waals surface area contributed by atoms with Crippen molar-refractivity contribution in [2.45, 2.75) is 13.3 Å². The second-order valence-corrected chi connectivity index (χ2v) is 4.87. The Hall–Kier alpha value is -1.94. The van der Waals surface area contributed by atoms with Crippen molar-refractivity contribution < 1.29 is 0 Å². The Balaban J connectivity index is 1.98. The zero-order valence-electron chi connectivity index (χ0n) is 10.9. The zero-order valence-corrected chi connectivity index (χ0v) is 11.7. The summed E-state index contributed by atoms with van der Waals surface area (Å²) in [6, 6.07) is 12.2. The predicted molar refractivity (Wildman–Crippen MR) is 83.5 cm³/mol. The number of nitrogens with two attached hydrogens (primary N) is 1. The van der Waals surface area contributed by atoms with E-state index in [4.69, 9.17) is 18.0 Å². The third kappa shape index (κ3) is 3.76. The number of nitrogens with one attached hydrogen (secondary N) is 1. The Morgan fingerprint density at radius 2 is 2.16 bits per heavy atom. The Kier molecular flexibility index (Phi) is 4.47. The molecule has 3 N–H and O–H groups in total. The quantitative estimate of drug-likeness (QED) is 0.821. The van der Waals surface area contributed by atoms with Gasteiger partial charge in [0.15, 0.2) is 0 Å². The fraction of sp³-hybridized carbons (Fsp3) is 0.200. The van der Waals surface area contributed by atoms with Crippen LogP contribution in [0, 0.1) is 6.92 Å². The molecule has 0 aliphatic rings. The Bertz CT molecular complexity index is 581. The van der Waals surface area contributed by atoms with Gasteiger partial charge in [0, 0.05) is 12.7 Å². The topological polar surface area (TPSA) is 50.9 Å². The van der Waals surface area contributed by atoms with Crippen molar-refractivity contribution in [3.8, 4) is 0 Å². The molecular formula is C15H17N3S. The molecule has 2 rings (SSSR count). The molecule has 4 heteroatoms. The number of nitrogens with zero attached hydrogens (tertiary/aromatic N) is 1. The zero-order chi connectivity index (χ0) is 13.7. The summed E-state index contributed by atoms with van der Waals surface area (Å²) in [5.41, 5.74) is 9.04. The minimum absolute atomic E-state index is 0.367. The van der Waals surface area contributed by atoms with Crippen LogP contribution in [0.15, 0.2) is 42.6 Å². The van der Waals surface area contributed by atoms with Gasteiger partial charge in [0.2, 0.25) is 0 Å². The van der Waals surface area contributed by atoms with Gasteiger partial charge >= 0.3 is 0 Å². The van der Waals surface area contributed by atoms with Gasteiger partial charge < -0.3 is 11.1 Å². The first kappa shape index (κ1) is 13.5. The van der Waals surface area contributed by atoms with E-state index in [2.05, 4.69) is 41.5 Å². The number of aromatic nitrogens is 1. The molecule has 0 aliphatic heterocycles. The van der Waals surface area contributed by atoms with Crippen LogP contribution in [0.3, 0.4) is 0 Å². The van der Waals surface area contributed by atoms with Gasteiger partial charge in [0.25, 0.3) is 0 Å². The molecule has 1 heterocycles. The van der Waals surface area contributed by atoms with E-state index < -0.39 is 0 Å². The van der Waals surface area contributed by atoms with Crippen molar-refractivity contribution >= 4 is 23.0 Å². The Morgan fingerprint density at radius 1 is 1.32 bits per heavy atom. The van der Waals surface area contributed by atoms with Crippen molar-refractivity contribution in [3.63, 3.8) is 0 Å². The predicted octanol–water partition coefficient (Wildman–Crippen LogP) is 2.68. The third-order valence-corrected chi connectivity index (χ3v) is 3.08. The molecule has 0 aliphatic carbocycles. The Labute approximate surface area is 118 Å². The minimum Gasteiger partial charge on any atom is -0.389 e. The molecular weight excluding hydrogens is 254 g/mol. The summed E-state index contributed by atoms with van der Waals surface area (Å²) < 4.78 is 0. The number of hydrogen-bond donors (Lipinski definition) is 2. The second kappa shape index (κ2) is 6.29. The lowest BCUT2D eigenvalue weighted by Gasteiger charge is -2.10. The maximum atomic E-state index is 5.67. The van der Waals surface area contributed by atoms with E-state index in [0.29, 0.717) is 4.99 Å². The van der Waals surface area contributed by atoms with Crippen molar-refractivity contribution in [1.82, 2.24) is 4.98 Å². The van der Waals surface area contributed by atoms with Gasteiger partial charge in [-0.2, -0.15) is 0 Å². The molecule has 1 aromatic carbocycles. The minimum atomic E-state index is 0.367. The molecule has 0 spiro atoms. The summed E-state index contributed by atoms with van der Waals surface area (Å²) in [5, 5.41) is 3.28. The molecule has 19 heavy (non-hydrogen) atoms. The summed E-state index contributed by atoms with van der Waals surface area (Å²) >= 11 is 5.01. The number of thiocarbonyl (C=S) groups is 1. The van der Waals surface area contributed by atoms with Crippen LogP contribution in [-0.2, 0) is 6.42 Å². The molecule has 0 radical (unpaired) electrons. The number of anilines is 1. The van der Waals surface area contributed by atoms with E-state index in [1.807, 2.05) is 12.1 Å². The Morgan fingerprint density at radius 3 is 2.89 bits per heavy atom. The molecule has 0 amide bonds. The highest BCUT2D eigenvalue weighted by atomic mass is 32.1. The average Bonchev–Trinajstić information content (AvgIpc) is 2.39. The van der Waals surface area contributed by atoms with E-state index in [1.165, 1.54) is 11.1 Å². The maximum Gasteiger partial charge on any atom is 0.136 e. The summed E-state index contributed by atoms with van der Waals surface area (Å²) in [7, 11) is 0. The van der Waals surface area contributed by atoms with Gasteiger partial charge in [-0.05, 0) is 31.0 Å². The molecule has 0 saturated heterocycles. The highest BCUT2D eigenvalue weighted by Crippen LogP contribution is 2.11. The number of hydrogen-bond acceptors (Lipinski definition) is 3. The molecule has 2 aromatic rings. The van der Waals surface area contributed by atoms with Crippen LogP contribution in [0.5, 0.6) is 0 Å². The number of rotatable bonds is 5. The van der Waals surface area contributed by atoms with Crippen molar-refractivity contribution in [3.05, 3.63) is 59.3 Å². The van der Waals surface area contributed by atoms with Crippen molar-refractivity contribution in [2.75, 3.05) is 11.9 Å². The van der Waals surface area contributed by atoms with E-state index >= 15 is 0 Å². The maximum absolute atomic E-state index is 5.67. The van der Waals surface area contributed by atoms with Crippen LogP contribution >= 0.6 is 12.2 Å². The van der Waals surface area contributed by atoms with Gasteiger partial charge in [-0.1, -0.05) is 42.0 Å². The van der Waals surface area contributed by atoms with Crippen LogP contribution < -0.4 is 11.1 Å². The summed E-state index contributed by atoms with van der Waals surface area (Å²) in [6.07, 6.45) is 2.67. The lowest BCUT2D eigenvalue weighted by molar-refractivity contribution is 1.00. The number of benzene rings is 1. The fourth-order valence-corrected chi connectivity index (χ4v) is 2.10. The third-order valence-electron chi connectivity index (χ3n) is 2.86. The van der Waals surface area contributed by atoms with E-state index in [-0.39, 0.29) is 0 Å². The van der Waals surface area contributed by atoms with Gasteiger partial charge in [-0.15, -0.1) is 0 Å². The second-order valence-electron chi connectivity index (χ2n) is 4.43. The number of aryl methyl sites for hydroxylation is 1. The SMILES string of the molecule is Cc1cccc(CCNc2ncccc2C(N)=S)c1. The average molecular weight is 271 g/mol. The summed E-state index contributed by atoms with van der Waals surface area (Å²) in [6.45, 7) is 2.90. The monoisotopic (exact) mass is 271 g/mol. The molecule has 0 bridgehead atoms.